The molecule has 1 heterocycles. The Hall–Kier alpha value is -2.38. The lowest BCUT2D eigenvalue weighted by Crippen LogP contribution is -2.14. The standard InChI is InChI=1S/C20H18BrN3O2S/c1-13-10-19(24-20(22-13)14-6-8-17(26-2)9-7-14)27-12-18(25)23-16-5-3-4-15(21)11-16/h3-11H,12H2,1-2H3,(H,23,25). The number of hydrogen-bond donors (Lipinski definition) is 1. The lowest BCUT2D eigenvalue weighted by Gasteiger charge is -2.08. The molecule has 3 aromatic rings. The molecule has 2 aromatic carbocycles. The second-order valence-electron chi connectivity index (χ2n) is 5.75. The normalized spacial score (nSPS) is 10.5. The van der Waals surface area contributed by atoms with Crippen LogP contribution in [0.1, 0.15) is 5.69 Å². The number of methoxy groups -OCH3 is 1. The maximum absolute atomic E-state index is 12.2. The summed E-state index contributed by atoms with van der Waals surface area (Å²) in [6.45, 7) is 1.92. The number of thioether (sulfide) groups is 1. The summed E-state index contributed by atoms with van der Waals surface area (Å²) in [7, 11) is 1.63. The minimum Gasteiger partial charge on any atom is -0.497 e. The van der Waals surface area contributed by atoms with Crippen molar-refractivity contribution < 1.29 is 9.53 Å². The number of hydrogen-bond acceptors (Lipinski definition) is 5. The van der Waals surface area contributed by atoms with E-state index in [0.717, 1.165) is 32.2 Å². The smallest absolute Gasteiger partial charge is 0.234 e. The Morgan fingerprint density at radius 1 is 1.15 bits per heavy atom. The van der Waals surface area contributed by atoms with Crippen LogP contribution in [0.5, 0.6) is 5.75 Å². The van der Waals surface area contributed by atoms with Crippen molar-refractivity contribution in [3.8, 4) is 17.1 Å². The van der Waals surface area contributed by atoms with Crippen molar-refractivity contribution in [2.75, 3.05) is 18.2 Å². The van der Waals surface area contributed by atoms with E-state index in [-0.39, 0.29) is 11.7 Å². The second kappa shape index (κ2) is 9.01. The minimum atomic E-state index is -0.0830. The van der Waals surface area contributed by atoms with Gasteiger partial charge in [-0.15, -0.1) is 0 Å². The molecule has 3 rings (SSSR count). The highest BCUT2D eigenvalue weighted by atomic mass is 79.9. The first kappa shape index (κ1) is 19.4. The Balaban J connectivity index is 1.67. The largest absolute Gasteiger partial charge is 0.497 e. The predicted octanol–water partition coefficient (Wildman–Crippen LogP) is 4.95. The topological polar surface area (TPSA) is 64.1 Å². The van der Waals surface area contributed by atoms with Gasteiger partial charge in [-0.3, -0.25) is 4.79 Å². The maximum Gasteiger partial charge on any atom is 0.234 e. The quantitative estimate of drug-likeness (QED) is 0.431. The highest BCUT2D eigenvalue weighted by Crippen LogP contribution is 2.24. The molecule has 0 saturated heterocycles. The molecule has 1 N–H and O–H groups in total. The maximum atomic E-state index is 12.2. The van der Waals surface area contributed by atoms with Gasteiger partial charge in [-0.1, -0.05) is 33.8 Å². The van der Waals surface area contributed by atoms with Crippen molar-refractivity contribution in [1.29, 1.82) is 0 Å². The van der Waals surface area contributed by atoms with Gasteiger partial charge in [0.1, 0.15) is 10.8 Å². The molecule has 5 nitrogen and oxygen atoms in total. The van der Waals surface area contributed by atoms with Gasteiger partial charge in [0.25, 0.3) is 0 Å². The van der Waals surface area contributed by atoms with Gasteiger partial charge in [0.2, 0.25) is 5.91 Å². The van der Waals surface area contributed by atoms with Gasteiger partial charge in [0, 0.05) is 21.4 Å². The summed E-state index contributed by atoms with van der Waals surface area (Å²) in [5.74, 6) is 1.60. The van der Waals surface area contributed by atoms with Crippen molar-refractivity contribution in [2.24, 2.45) is 0 Å². The Kier molecular flexibility index (Phi) is 6.47. The van der Waals surface area contributed by atoms with Crippen LogP contribution in [0.3, 0.4) is 0 Å². The summed E-state index contributed by atoms with van der Waals surface area (Å²) in [5.41, 5.74) is 2.51. The SMILES string of the molecule is COc1ccc(-c2nc(C)cc(SCC(=O)Nc3cccc(Br)c3)n2)cc1. The van der Waals surface area contributed by atoms with E-state index in [1.165, 1.54) is 11.8 Å². The average Bonchev–Trinajstić information content (AvgIpc) is 2.66. The molecule has 0 spiro atoms. The molecule has 0 unspecified atom stereocenters. The summed E-state index contributed by atoms with van der Waals surface area (Å²) in [6, 6.07) is 17.0. The number of amides is 1. The zero-order valence-corrected chi connectivity index (χ0v) is 17.3. The molecule has 0 fully saturated rings. The third-order valence-electron chi connectivity index (χ3n) is 3.64. The molecular weight excluding hydrogens is 426 g/mol. The van der Waals surface area contributed by atoms with Crippen LogP contribution in [0, 0.1) is 6.92 Å². The number of ether oxygens (including phenoxy) is 1. The van der Waals surface area contributed by atoms with Gasteiger partial charge in [0.05, 0.1) is 12.9 Å². The molecule has 27 heavy (non-hydrogen) atoms. The lowest BCUT2D eigenvalue weighted by atomic mass is 10.2. The van der Waals surface area contributed by atoms with Crippen molar-refractivity contribution >= 4 is 39.3 Å². The molecular formula is C20H18BrN3O2S. The molecule has 1 amide bonds. The minimum absolute atomic E-state index is 0.0830. The Morgan fingerprint density at radius 3 is 2.63 bits per heavy atom. The fourth-order valence-corrected chi connectivity index (χ4v) is 3.54. The van der Waals surface area contributed by atoms with E-state index in [1.54, 1.807) is 7.11 Å². The van der Waals surface area contributed by atoms with Gasteiger partial charge < -0.3 is 10.1 Å². The molecule has 0 aliphatic heterocycles. The number of anilines is 1. The van der Waals surface area contributed by atoms with Crippen molar-refractivity contribution in [3.05, 3.63) is 64.8 Å². The van der Waals surface area contributed by atoms with E-state index in [2.05, 4.69) is 31.2 Å². The van der Waals surface area contributed by atoms with E-state index >= 15 is 0 Å². The summed E-state index contributed by atoms with van der Waals surface area (Å²) in [5, 5.41) is 3.64. The summed E-state index contributed by atoms with van der Waals surface area (Å²) < 4.78 is 6.10. The van der Waals surface area contributed by atoms with Crippen LogP contribution in [0.2, 0.25) is 0 Å². The molecule has 0 aliphatic rings. The number of benzene rings is 2. The number of carbonyl (C=O) groups is 1. The Labute approximate surface area is 170 Å². The predicted molar refractivity (Wildman–Crippen MR) is 112 cm³/mol. The van der Waals surface area contributed by atoms with Crippen LogP contribution < -0.4 is 10.1 Å². The zero-order chi connectivity index (χ0) is 19.2. The monoisotopic (exact) mass is 443 g/mol. The lowest BCUT2D eigenvalue weighted by molar-refractivity contribution is -0.113. The van der Waals surface area contributed by atoms with Crippen LogP contribution >= 0.6 is 27.7 Å². The fraction of sp³-hybridized carbons (Fsp3) is 0.150. The molecule has 0 atom stereocenters. The van der Waals surface area contributed by atoms with Gasteiger partial charge in [-0.05, 0) is 55.5 Å². The van der Waals surface area contributed by atoms with Crippen LogP contribution in [0.15, 0.2) is 64.1 Å². The van der Waals surface area contributed by atoms with E-state index in [0.29, 0.717) is 5.82 Å². The number of aromatic nitrogens is 2. The average molecular weight is 444 g/mol. The number of halogens is 1. The van der Waals surface area contributed by atoms with Crippen molar-refractivity contribution in [3.63, 3.8) is 0 Å². The summed E-state index contributed by atoms with van der Waals surface area (Å²) in [6.07, 6.45) is 0. The highest BCUT2D eigenvalue weighted by molar-refractivity contribution is 9.10. The van der Waals surface area contributed by atoms with E-state index in [1.807, 2.05) is 61.5 Å². The van der Waals surface area contributed by atoms with Gasteiger partial charge in [-0.2, -0.15) is 0 Å². The van der Waals surface area contributed by atoms with Gasteiger partial charge in [0.15, 0.2) is 5.82 Å². The first-order chi connectivity index (χ1) is 13.0. The molecule has 0 aliphatic carbocycles. The Morgan fingerprint density at radius 2 is 1.93 bits per heavy atom. The van der Waals surface area contributed by atoms with Crippen LogP contribution in [0.25, 0.3) is 11.4 Å². The number of rotatable bonds is 6. The van der Waals surface area contributed by atoms with Crippen LogP contribution in [-0.4, -0.2) is 28.7 Å². The van der Waals surface area contributed by atoms with Crippen LogP contribution in [-0.2, 0) is 4.79 Å². The van der Waals surface area contributed by atoms with E-state index in [9.17, 15) is 4.79 Å². The van der Waals surface area contributed by atoms with E-state index in [4.69, 9.17) is 4.74 Å². The Bertz CT molecular complexity index is 948. The fourth-order valence-electron chi connectivity index (χ4n) is 2.39. The zero-order valence-electron chi connectivity index (χ0n) is 14.9. The summed E-state index contributed by atoms with van der Waals surface area (Å²) in [4.78, 5) is 21.3. The highest BCUT2D eigenvalue weighted by Gasteiger charge is 2.09. The van der Waals surface area contributed by atoms with Gasteiger partial charge in [-0.25, -0.2) is 9.97 Å². The second-order valence-corrected chi connectivity index (χ2v) is 7.66. The van der Waals surface area contributed by atoms with Crippen molar-refractivity contribution in [2.45, 2.75) is 11.9 Å². The van der Waals surface area contributed by atoms with Crippen molar-refractivity contribution in [1.82, 2.24) is 9.97 Å². The van der Waals surface area contributed by atoms with Crippen LogP contribution in [0.4, 0.5) is 5.69 Å². The first-order valence-electron chi connectivity index (χ1n) is 8.22. The first-order valence-corrected chi connectivity index (χ1v) is 9.99. The number of aryl methyl sites for hydroxylation is 1. The third-order valence-corrected chi connectivity index (χ3v) is 5.04. The molecule has 0 radical (unpaired) electrons. The molecule has 1 aromatic heterocycles. The molecule has 0 bridgehead atoms. The molecule has 7 heteroatoms. The number of carbonyl (C=O) groups excluding carboxylic acids is 1. The molecule has 0 saturated carbocycles. The summed E-state index contributed by atoms with van der Waals surface area (Å²) >= 11 is 4.78. The van der Waals surface area contributed by atoms with E-state index < -0.39 is 0 Å². The molecule has 138 valence electrons. The number of nitrogens with zero attached hydrogens (tertiary/aromatic N) is 2. The van der Waals surface area contributed by atoms with Gasteiger partial charge >= 0.3 is 0 Å². The third kappa shape index (κ3) is 5.55. The number of nitrogens with one attached hydrogen (secondary N) is 1.